The maximum Gasteiger partial charge on any atom is 0.227 e. The minimum absolute atomic E-state index is 0.00921. The molecule has 1 aromatic heterocycles. The lowest BCUT2D eigenvalue weighted by atomic mass is 10.1. The molecule has 1 unspecified atom stereocenters. The van der Waals surface area contributed by atoms with Crippen molar-refractivity contribution >= 4 is 22.5 Å². The van der Waals surface area contributed by atoms with Gasteiger partial charge in [0.2, 0.25) is 5.91 Å². The molecule has 1 aliphatic heterocycles. The Balaban J connectivity index is 1.75. The summed E-state index contributed by atoms with van der Waals surface area (Å²) in [5.74, 6) is -0.00921. The molecule has 98 valence electrons. The third-order valence-corrected chi connectivity index (χ3v) is 3.34. The minimum Gasteiger partial charge on any atom is -0.378 e. The number of amides is 1. The first-order valence-electron chi connectivity index (χ1n) is 6.58. The van der Waals surface area contributed by atoms with Gasteiger partial charge in [0.05, 0.1) is 23.7 Å². The van der Waals surface area contributed by atoms with Gasteiger partial charge in [0.15, 0.2) is 0 Å². The van der Waals surface area contributed by atoms with E-state index < -0.39 is 0 Å². The van der Waals surface area contributed by atoms with Crippen molar-refractivity contribution in [2.24, 2.45) is 0 Å². The largest absolute Gasteiger partial charge is 0.378 e. The summed E-state index contributed by atoms with van der Waals surface area (Å²) in [5, 5.41) is 3.96. The maximum atomic E-state index is 12.0. The molecule has 2 aromatic rings. The van der Waals surface area contributed by atoms with Crippen LogP contribution in [0.15, 0.2) is 36.5 Å². The van der Waals surface area contributed by atoms with Gasteiger partial charge in [0.25, 0.3) is 0 Å². The van der Waals surface area contributed by atoms with Crippen molar-refractivity contribution in [3.63, 3.8) is 0 Å². The molecule has 19 heavy (non-hydrogen) atoms. The fourth-order valence-electron chi connectivity index (χ4n) is 2.42. The maximum absolute atomic E-state index is 12.0. The van der Waals surface area contributed by atoms with Gasteiger partial charge in [-0.1, -0.05) is 18.2 Å². The van der Waals surface area contributed by atoms with E-state index in [-0.39, 0.29) is 12.0 Å². The van der Waals surface area contributed by atoms with Crippen LogP contribution >= 0.6 is 0 Å². The first kappa shape index (κ1) is 12.1. The molecule has 2 heterocycles. The van der Waals surface area contributed by atoms with Crippen LogP contribution in [0.2, 0.25) is 0 Å². The van der Waals surface area contributed by atoms with Crippen molar-refractivity contribution < 1.29 is 9.53 Å². The van der Waals surface area contributed by atoms with Crippen molar-refractivity contribution in [2.75, 3.05) is 11.9 Å². The number of aromatic nitrogens is 1. The van der Waals surface area contributed by atoms with Gasteiger partial charge in [0, 0.05) is 18.2 Å². The highest BCUT2D eigenvalue weighted by atomic mass is 16.5. The topological polar surface area (TPSA) is 51.2 Å². The number of pyridine rings is 1. The zero-order chi connectivity index (χ0) is 13.1. The van der Waals surface area contributed by atoms with Gasteiger partial charge < -0.3 is 10.1 Å². The average molecular weight is 256 g/mol. The predicted molar refractivity (Wildman–Crippen MR) is 74.0 cm³/mol. The van der Waals surface area contributed by atoms with Crippen LogP contribution in [0.3, 0.4) is 0 Å². The second-order valence-electron chi connectivity index (χ2n) is 4.77. The van der Waals surface area contributed by atoms with Gasteiger partial charge in [-0.2, -0.15) is 0 Å². The van der Waals surface area contributed by atoms with E-state index in [0.29, 0.717) is 6.42 Å². The van der Waals surface area contributed by atoms with Crippen LogP contribution in [0.25, 0.3) is 10.9 Å². The fraction of sp³-hybridized carbons (Fsp3) is 0.333. The van der Waals surface area contributed by atoms with E-state index in [2.05, 4.69) is 10.3 Å². The standard InChI is InChI=1S/C15H16N2O2/c18-14(10-12-6-3-9-19-12)17-13-7-1-4-11-5-2-8-16-15(11)13/h1-2,4-5,7-8,12H,3,6,9-10H2,(H,17,18). The predicted octanol–water partition coefficient (Wildman–Crippen LogP) is 2.74. The first-order chi connectivity index (χ1) is 9.33. The van der Waals surface area contributed by atoms with E-state index in [1.54, 1.807) is 6.20 Å². The molecule has 1 aromatic carbocycles. The Morgan fingerprint density at radius 3 is 3.11 bits per heavy atom. The van der Waals surface area contributed by atoms with Crippen molar-refractivity contribution in [2.45, 2.75) is 25.4 Å². The van der Waals surface area contributed by atoms with E-state index in [4.69, 9.17) is 4.74 Å². The van der Waals surface area contributed by atoms with Gasteiger partial charge in [-0.3, -0.25) is 9.78 Å². The summed E-state index contributed by atoms with van der Waals surface area (Å²) in [7, 11) is 0. The number of carbonyl (C=O) groups excluding carboxylic acids is 1. The SMILES string of the molecule is O=C(CC1CCCO1)Nc1cccc2cccnc12. The van der Waals surface area contributed by atoms with E-state index in [1.807, 2.05) is 30.3 Å². The number of nitrogens with one attached hydrogen (secondary N) is 1. The minimum atomic E-state index is -0.00921. The van der Waals surface area contributed by atoms with Crippen molar-refractivity contribution in [1.82, 2.24) is 4.98 Å². The third kappa shape index (κ3) is 2.74. The molecular formula is C15H16N2O2. The van der Waals surface area contributed by atoms with Gasteiger partial charge in [-0.15, -0.1) is 0 Å². The van der Waals surface area contributed by atoms with Gasteiger partial charge in [-0.25, -0.2) is 0 Å². The molecule has 0 radical (unpaired) electrons. The molecule has 1 saturated heterocycles. The Labute approximate surface area is 111 Å². The summed E-state index contributed by atoms with van der Waals surface area (Å²) in [6.07, 6.45) is 4.25. The van der Waals surface area contributed by atoms with Crippen LogP contribution in [-0.2, 0) is 9.53 Å². The number of nitrogens with zero attached hydrogens (tertiary/aromatic N) is 1. The van der Waals surface area contributed by atoms with Crippen LogP contribution in [-0.4, -0.2) is 23.6 Å². The Kier molecular flexibility index (Phi) is 3.42. The molecule has 0 aliphatic carbocycles. The lowest BCUT2D eigenvalue weighted by Gasteiger charge is -2.11. The molecule has 1 fully saturated rings. The van der Waals surface area contributed by atoms with E-state index in [1.165, 1.54) is 0 Å². The molecule has 0 saturated carbocycles. The molecule has 4 heteroatoms. The molecule has 3 rings (SSSR count). The second kappa shape index (κ2) is 5.36. The monoisotopic (exact) mass is 256 g/mol. The second-order valence-corrected chi connectivity index (χ2v) is 4.77. The third-order valence-electron chi connectivity index (χ3n) is 3.34. The first-order valence-corrected chi connectivity index (χ1v) is 6.58. The molecule has 0 spiro atoms. The number of fused-ring (bicyclic) bond motifs is 1. The van der Waals surface area contributed by atoms with Crippen molar-refractivity contribution in [3.8, 4) is 0 Å². The summed E-state index contributed by atoms with van der Waals surface area (Å²) < 4.78 is 5.47. The van der Waals surface area contributed by atoms with Gasteiger partial charge in [-0.05, 0) is 25.0 Å². The molecule has 1 aliphatic rings. The highest BCUT2D eigenvalue weighted by Gasteiger charge is 2.19. The molecule has 1 amide bonds. The summed E-state index contributed by atoms with van der Waals surface area (Å²) in [5.41, 5.74) is 1.59. The van der Waals surface area contributed by atoms with Crippen LogP contribution in [0.4, 0.5) is 5.69 Å². The lowest BCUT2D eigenvalue weighted by molar-refractivity contribution is -0.118. The van der Waals surface area contributed by atoms with Crippen LogP contribution in [0.1, 0.15) is 19.3 Å². The Morgan fingerprint density at radius 2 is 2.26 bits per heavy atom. The Bertz CT molecular complexity index is 586. The number of anilines is 1. The highest BCUT2D eigenvalue weighted by Crippen LogP contribution is 2.22. The summed E-state index contributed by atoms with van der Waals surface area (Å²) in [6, 6.07) is 9.66. The van der Waals surface area contributed by atoms with Crippen LogP contribution in [0, 0.1) is 0 Å². The van der Waals surface area contributed by atoms with E-state index in [9.17, 15) is 4.79 Å². The molecule has 0 bridgehead atoms. The van der Waals surface area contributed by atoms with Gasteiger partial charge >= 0.3 is 0 Å². The number of ether oxygens (including phenoxy) is 1. The lowest BCUT2D eigenvalue weighted by Crippen LogP contribution is -2.19. The number of para-hydroxylation sites is 1. The van der Waals surface area contributed by atoms with Gasteiger partial charge in [0.1, 0.15) is 0 Å². The Morgan fingerprint density at radius 1 is 1.37 bits per heavy atom. The number of carbonyl (C=O) groups is 1. The molecule has 1 atom stereocenters. The van der Waals surface area contributed by atoms with E-state index in [0.717, 1.165) is 36.0 Å². The zero-order valence-electron chi connectivity index (χ0n) is 10.6. The number of hydrogen-bond acceptors (Lipinski definition) is 3. The number of benzene rings is 1. The smallest absolute Gasteiger partial charge is 0.227 e. The Hall–Kier alpha value is -1.94. The van der Waals surface area contributed by atoms with Crippen molar-refractivity contribution in [3.05, 3.63) is 36.5 Å². The fourth-order valence-corrected chi connectivity index (χ4v) is 2.42. The van der Waals surface area contributed by atoms with E-state index >= 15 is 0 Å². The molecular weight excluding hydrogens is 240 g/mol. The normalized spacial score (nSPS) is 18.6. The van der Waals surface area contributed by atoms with Crippen LogP contribution < -0.4 is 5.32 Å². The summed E-state index contributed by atoms with van der Waals surface area (Å²) in [4.78, 5) is 16.3. The quantitative estimate of drug-likeness (QED) is 0.918. The summed E-state index contributed by atoms with van der Waals surface area (Å²) in [6.45, 7) is 0.772. The van der Waals surface area contributed by atoms with Crippen molar-refractivity contribution in [1.29, 1.82) is 0 Å². The molecule has 4 nitrogen and oxygen atoms in total. The average Bonchev–Trinajstić information content (AvgIpc) is 2.92. The van der Waals surface area contributed by atoms with Crippen LogP contribution in [0.5, 0.6) is 0 Å². The highest BCUT2D eigenvalue weighted by molar-refractivity contribution is 6.00. The molecule has 1 N–H and O–H groups in total. The summed E-state index contributed by atoms with van der Waals surface area (Å²) >= 11 is 0. The number of rotatable bonds is 3. The number of hydrogen-bond donors (Lipinski definition) is 1. The zero-order valence-corrected chi connectivity index (χ0v) is 10.6.